The van der Waals surface area contributed by atoms with Gasteiger partial charge >= 0.3 is 0 Å². The molecule has 0 radical (unpaired) electrons. The molecular weight excluding hydrogens is 208 g/mol. The zero-order chi connectivity index (χ0) is 10.8. The first-order valence-electron chi connectivity index (χ1n) is 3.69. The molecule has 0 amide bonds. The highest BCUT2D eigenvalue weighted by Crippen LogP contribution is 2.33. The number of methoxy groups -OCH3 is 2. The van der Waals surface area contributed by atoms with Crippen LogP contribution in [0.15, 0.2) is 23.1 Å². The summed E-state index contributed by atoms with van der Waals surface area (Å²) in [6.07, 6.45) is 0. The average Bonchev–Trinajstić information content (AvgIpc) is 2.15. The van der Waals surface area contributed by atoms with Crippen LogP contribution in [0, 0.1) is 0 Å². The largest absolute Gasteiger partial charge is 0.493 e. The third kappa shape index (κ3) is 1.97. The van der Waals surface area contributed by atoms with E-state index in [2.05, 4.69) is 0 Å². The Morgan fingerprint density at radius 2 is 1.86 bits per heavy atom. The highest BCUT2D eigenvalue weighted by Gasteiger charge is 2.19. The van der Waals surface area contributed by atoms with Gasteiger partial charge in [0.2, 0.25) is 0 Å². The summed E-state index contributed by atoms with van der Waals surface area (Å²) < 4.78 is 40.4. The highest BCUT2D eigenvalue weighted by molar-refractivity contribution is 7.86. The zero-order valence-electron chi connectivity index (χ0n) is 7.72. The number of hydrogen-bond acceptors (Lipinski definition) is 4. The molecule has 0 aromatic heterocycles. The van der Waals surface area contributed by atoms with Crippen molar-refractivity contribution in [1.82, 2.24) is 0 Å². The SMILES string of the molecule is COc1cccc(S(=O)(=O)O)c1OC. The van der Waals surface area contributed by atoms with Crippen molar-refractivity contribution >= 4 is 10.1 Å². The van der Waals surface area contributed by atoms with Gasteiger partial charge in [0.15, 0.2) is 11.5 Å². The van der Waals surface area contributed by atoms with E-state index in [0.29, 0.717) is 0 Å². The van der Waals surface area contributed by atoms with E-state index in [9.17, 15) is 8.42 Å². The van der Waals surface area contributed by atoms with Crippen LogP contribution in [0.25, 0.3) is 0 Å². The van der Waals surface area contributed by atoms with Gasteiger partial charge in [0.25, 0.3) is 10.1 Å². The monoisotopic (exact) mass is 218 g/mol. The molecule has 0 bridgehead atoms. The molecule has 0 aliphatic heterocycles. The molecule has 78 valence electrons. The minimum atomic E-state index is -4.28. The summed E-state index contributed by atoms with van der Waals surface area (Å²) in [5.41, 5.74) is 0. The van der Waals surface area contributed by atoms with Crippen molar-refractivity contribution in [3.8, 4) is 11.5 Å². The van der Waals surface area contributed by atoms with E-state index in [1.54, 1.807) is 0 Å². The van der Waals surface area contributed by atoms with Gasteiger partial charge in [-0.25, -0.2) is 0 Å². The molecule has 5 nitrogen and oxygen atoms in total. The van der Waals surface area contributed by atoms with Gasteiger partial charge in [0, 0.05) is 0 Å². The molecular formula is C8H10O5S. The lowest BCUT2D eigenvalue weighted by Gasteiger charge is -2.09. The van der Waals surface area contributed by atoms with Gasteiger partial charge in [-0.3, -0.25) is 4.55 Å². The van der Waals surface area contributed by atoms with Crippen LogP contribution in [0.1, 0.15) is 0 Å². The first-order chi connectivity index (χ1) is 6.50. The Labute approximate surface area is 82.0 Å². The summed E-state index contributed by atoms with van der Waals surface area (Å²) in [5.74, 6) is 0.250. The molecule has 1 N–H and O–H groups in total. The van der Waals surface area contributed by atoms with Crippen molar-refractivity contribution in [2.24, 2.45) is 0 Å². The summed E-state index contributed by atoms with van der Waals surface area (Å²) >= 11 is 0. The van der Waals surface area contributed by atoms with Crippen LogP contribution < -0.4 is 9.47 Å². The molecule has 6 heteroatoms. The van der Waals surface area contributed by atoms with E-state index in [1.165, 1.54) is 32.4 Å². The maximum Gasteiger partial charge on any atom is 0.298 e. The molecule has 0 heterocycles. The third-order valence-corrected chi connectivity index (χ3v) is 2.52. The number of rotatable bonds is 3. The average molecular weight is 218 g/mol. The van der Waals surface area contributed by atoms with Crippen molar-refractivity contribution < 1.29 is 22.4 Å². The topological polar surface area (TPSA) is 72.8 Å². The van der Waals surface area contributed by atoms with E-state index in [-0.39, 0.29) is 16.4 Å². The first-order valence-corrected chi connectivity index (χ1v) is 5.13. The molecule has 0 spiro atoms. The van der Waals surface area contributed by atoms with Crippen LogP contribution in [0.4, 0.5) is 0 Å². The van der Waals surface area contributed by atoms with Crippen molar-refractivity contribution in [3.63, 3.8) is 0 Å². The molecule has 0 aliphatic carbocycles. The number of hydrogen-bond donors (Lipinski definition) is 1. The Morgan fingerprint density at radius 3 is 2.29 bits per heavy atom. The summed E-state index contributed by atoms with van der Waals surface area (Å²) in [4.78, 5) is -0.306. The second-order valence-electron chi connectivity index (χ2n) is 2.47. The van der Waals surface area contributed by atoms with Crippen LogP contribution in [-0.2, 0) is 10.1 Å². The fourth-order valence-corrected chi connectivity index (χ4v) is 1.73. The molecule has 14 heavy (non-hydrogen) atoms. The van der Waals surface area contributed by atoms with Crippen molar-refractivity contribution in [3.05, 3.63) is 18.2 Å². The molecule has 0 saturated carbocycles. The Hall–Kier alpha value is -1.27. The van der Waals surface area contributed by atoms with Crippen LogP contribution in [-0.4, -0.2) is 27.2 Å². The van der Waals surface area contributed by atoms with Crippen LogP contribution in [0.3, 0.4) is 0 Å². The summed E-state index contributed by atoms with van der Waals surface area (Å²) in [5, 5.41) is 0. The molecule has 1 aromatic rings. The fraction of sp³-hybridized carbons (Fsp3) is 0.250. The van der Waals surface area contributed by atoms with Crippen LogP contribution >= 0.6 is 0 Å². The number of para-hydroxylation sites is 1. The van der Waals surface area contributed by atoms with Crippen molar-refractivity contribution in [2.75, 3.05) is 14.2 Å². The molecule has 0 unspecified atom stereocenters. The second-order valence-corrected chi connectivity index (χ2v) is 3.86. The molecule has 0 fully saturated rings. The number of ether oxygens (including phenoxy) is 2. The first kappa shape index (κ1) is 10.8. The quantitative estimate of drug-likeness (QED) is 0.765. The third-order valence-electron chi connectivity index (χ3n) is 1.64. The Kier molecular flexibility index (Phi) is 2.97. The maximum absolute atomic E-state index is 10.9. The van der Waals surface area contributed by atoms with E-state index < -0.39 is 10.1 Å². The van der Waals surface area contributed by atoms with Crippen LogP contribution in [0.5, 0.6) is 11.5 Å². The lowest BCUT2D eigenvalue weighted by molar-refractivity contribution is 0.344. The highest BCUT2D eigenvalue weighted by atomic mass is 32.2. The second kappa shape index (κ2) is 3.85. The summed E-state index contributed by atoms with van der Waals surface area (Å²) in [6, 6.07) is 4.22. The van der Waals surface area contributed by atoms with Gasteiger partial charge in [-0.05, 0) is 12.1 Å². The Balaban J connectivity index is 3.45. The Bertz CT molecular complexity index is 423. The van der Waals surface area contributed by atoms with Gasteiger partial charge in [-0.1, -0.05) is 6.07 Å². The van der Waals surface area contributed by atoms with E-state index in [1.807, 2.05) is 0 Å². The summed E-state index contributed by atoms with van der Waals surface area (Å²) in [7, 11) is -1.60. The fourth-order valence-electron chi connectivity index (χ4n) is 1.06. The normalized spacial score (nSPS) is 11.1. The smallest absolute Gasteiger partial charge is 0.298 e. The Morgan fingerprint density at radius 1 is 1.21 bits per heavy atom. The minimum Gasteiger partial charge on any atom is -0.493 e. The van der Waals surface area contributed by atoms with E-state index in [4.69, 9.17) is 14.0 Å². The molecule has 0 saturated heterocycles. The number of benzene rings is 1. The van der Waals surface area contributed by atoms with E-state index >= 15 is 0 Å². The molecule has 0 atom stereocenters. The van der Waals surface area contributed by atoms with Gasteiger partial charge in [0.05, 0.1) is 14.2 Å². The molecule has 1 rings (SSSR count). The molecule has 1 aromatic carbocycles. The zero-order valence-corrected chi connectivity index (χ0v) is 8.54. The minimum absolute atomic E-state index is 0.00231. The lowest BCUT2D eigenvalue weighted by atomic mass is 10.3. The summed E-state index contributed by atoms with van der Waals surface area (Å²) in [6.45, 7) is 0. The van der Waals surface area contributed by atoms with Crippen LogP contribution in [0.2, 0.25) is 0 Å². The molecule has 0 aliphatic rings. The van der Waals surface area contributed by atoms with Gasteiger partial charge in [-0.2, -0.15) is 8.42 Å². The standard InChI is InChI=1S/C8H10O5S/c1-12-6-4-3-5-7(8(6)13-2)14(9,10)11/h3-5H,1-2H3,(H,9,10,11). The van der Waals surface area contributed by atoms with Crippen molar-refractivity contribution in [1.29, 1.82) is 0 Å². The van der Waals surface area contributed by atoms with Gasteiger partial charge in [-0.15, -0.1) is 0 Å². The van der Waals surface area contributed by atoms with E-state index in [0.717, 1.165) is 0 Å². The predicted octanol–water partition coefficient (Wildman–Crippen LogP) is 0.950. The van der Waals surface area contributed by atoms with Gasteiger partial charge in [0.1, 0.15) is 4.90 Å². The van der Waals surface area contributed by atoms with Gasteiger partial charge < -0.3 is 9.47 Å². The van der Waals surface area contributed by atoms with Crippen molar-refractivity contribution in [2.45, 2.75) is 4.90 Å². The lowest BCUT2D eigenvalue weighted by Crippen LogP contribution is -2.02. The maximum atomic E-state index is 10.9. The predicted molar refractivity (Wildman–Crippen MR) is 49.4 cm³/mol.